The standard InChI is InChI=1S/C19H18ClN3OS/c20-14-8-6-13(7-9-14)12-23-17-4-1-3-16(15(17)11-21-23)22-19(24)18-5-2-10-25-18/h2,5-11,16H,1,3-4,12H2,(H,22,24)/t16-/m0/s1. The molecule has 0 radical (unpaired) electrons. The van der Waals surface area contributed by atoms with Gasteiger partial charge in [0, 0.05) is 16.3 Å². The van der Waals surface area contributed by atoms with E-state index in [1.807, 2.05) is 52.7 Å². The first kappa shape index (κ1) is 16.4. The summed E-state index contributed by atoms with van der Waals surface area (Å²) in [7, 11) is 0. The Balaban J connectivity index is 1.53. The number of rotatable bonds is 4. The van der Waals surface area contributed by atoms with Gasteiger partial charge in [-0.3, -0.25) is 9.48 Å². The third-order valence-electron chi connectivity index (χ3n) is 4.56. The summed E-state index contributed by atoms with van der Waals surface area (Å²) in [6.45, 7) is 0.720. The van der Waals surface area contributed by atoms with E-state index in [0.29, 0.717) is 0 Å². The number of amides is 1. The molecule has 0 saturated carbocycles. The second-order valence-electron chi connectivity index (χ2n) is 6.23. The summed E-state index contributed by atoms with van der Waals surface area (Å²) in [5.41, 5.74) is 3.53. The van der Waals surface area contributed by atoms with Crippen molar-refractivity contribution in [2.45, 2.75) is 31.8 Å². The van der Waals surface area contributed by atoms with Gasteiger partial charge in [-0.1, -0.05) is 29.8 Å². The average Bonchev–Trinajstić information content (AvgIpc) is 3.28. The van der Waals surface area contributed by atoms with Crippen molar-refractivity contribution in [2.75, 3.05) is 0 Å². The second-order valence-corrected chi connectivity index (χ2v) is 7.61. The maximum atomic E-state index is 12.4. The van der Waals surface area contributed by atoms with Gasteiger partial charge in [-0.2, -0.15) is 5.10 Å². The first-order valence-corrected chi connectivity index (χ1v) is 9.60. The third kappa shape index (κ3) is 3.48. The van der Waals surface area contributed by atoms with Crippen LogP contribution in [0.5, 0.6) is 0 Å². The normalized spacial score (nSPS) is 16.4. The van der Waals surface area contributed by atoms with E-state index in [2.05, 4.69) is 10.4 Å². The van der Waals surface area contributed by atoms with Crippen LogP contribution in [0.2, 0.25) is 5.02 Å². The van der Waals surface area contributed by atoms with Crippen LogP contribution in [-0.4, -0.2) is 15.7 Å². The van der Waals surface area contributed by atoms with Crippen molar-refractivity contribution in [3.63, 3.8) is 0 Å². The first-order valence-electron chi connectivity index (χ1n) is 8.34. The summed E-state index contributed by atoms with van der Waals surface area (Å²) in [4.78, 5) is 13.1. The Morgan fingerprint density at radius 2 is 2.16 bits per heavy atom. The molecule has 4 nitrogen and oxygen atoms in total. The second kappa shape index (κ2) is 7.02. The van der Waals surface area contributed by atoms with E-state index in [1.54, 1.807) is 0 Å². The van der Waals surface area contributed by atoms with Gasteiger partial charge in [0.15, 0.2) is 0 Å². The molecule has 0 bridgehead atoms. The number of carbonyl (C=O) groups excluding carboxylic acids is 1. The molecule has 4 rings (SSSR count). The van der Waals surface area contributed by atoms with Crippen molar-refractivity contribution in [3.8, 4) is 0 Å². The van der Waals surface area contributed by atoms with Gasteiger partial charge in [0.2, 0.25) is 0 Å². The van der Waals surface area contributed by atoms with Crippen LogP contribution in [0.15, 0.2) is 48.0 Å². The Kier molecular flexibility index (Phi) is 4.59. The highest BCUT2D eigenvalue weighted by Crippen LogP contribution is 2.30. The molecule has 0 aliphatic heterocycles. The van der Waals surface area contributed by atoms with Crippen LogP contribution in [0.1, 0.15) is 45.4 Å². The van der Waals surface area contributed by atoms with E-state index < -0.39 is 0 Å². The molecule has 1 amide bonds. The van der Waals surface area contributed by atoms with Gasteiger partial charge in [-0.15, -0.1) is 11.3 Å². The zero-order valence-electron chi connectivity index (χ0n) is 13.6. The average molecular weight is 372 g/mol. The Labute approximate surface area is 155 Å². The van der Waals surface area contributed by atoms with Crippen LogP contribution >= 0.6 is 22.9 Å². The fraction of sp³-hybridized carbons (Fsp3) is 0.263. The zero-order valence-corrected chi connectivity index (χ0v) is 15.2. The van der Waals surface area contributed by atoms with Crippen LogP contribution in [0.25, 0.3) is 0 Å². The van der Waals surface area contributed by atoms with Gasteiger partial charge in [-0.25, -0.2) is 0 Å². The van der Waals surface area contributed by atoms with Crippen LogP contribution < -0.4 is 5.32 Å². The largest absolute Gasteiger partial charge is 0.344 e. The molecule has 25 heavy (non-hydrogen) atoms. The van der Waals surface area contributed by atoms with Crippen LogP contribution in [0, 0.1) is 0 Å². The molecule has 0 spiro atoms. The monoisotopic (exact) mass is 371 g/mol. The number of carbonyl (C=O) groups is 1. The molecule has 2 aromatic heterocycles. The quantitative estimate of drug-likeness (QED) is 0.736. The molecule has 1 atom stereocenters. The molecule has 3 aromatic rings. The number of aromatic nitrogens is 2. The SMILES string of the molecule is O=C(N[C@H]1CCCc2c1cnn2Cc1ccc(Cl)cc1)c1cccs1. The fourth-order valence-corrected chi connectivity index (χ4v) is 4.06. The molecule has 1 N–H and O–H groups in total. The summed E-state index contributed by atoms with van der Waals surface area (Å²) in [6.07, 6.45) is 4.91. The highest BCUT2D eigenvalue weighted by atomic mass is 35.5. The maximum absolute atomic E-state index is 12.4. The van der Waals surface area contributed by atoms with E-state index in [-0.39, 0.29) is 11.9 Å². The predicted molar refractivity (Wildman–Crippen MR) is 100 cm³/mol. The Hall–Kier alpha value is -2.11. The van der Waals surface area contributed by atoms with Crippen LogP contribution in [0.4, 0.5) is 0 Å². The van der Waals surface area contributed by atoms with Crippen molar-refractivity contribution >= 4 is 28.8 Å². The van der Waals surface area contributed by atoms with Crippen molar-refractivity contribution in [1.29, 1.82) is 0 Å². The zero-order chi connectivity index (χ0) is 17.2. The summed E-state index contributed by atoms with van der Waals surface area (Å²) in [5.74, 6) is -0.00157. The number of fused-ring (bicyclic) bond motifs is 1. The lowest BCUT2D eigenvalue weighted by molar-refractivity contribution is 0.0937. The number of benzene rings is 1. The van der Waals surface area contributed by atoms with Crippen molar-refractivity contribution in [1.82, 2.24) is 15.1 Å². The van der Waals surface area contributed by atoms with E-state index in [1.165, 1.54) is 22.6 Å². The van der Waals surface area contributed by atoms with Crippen molar-refractivity contribution in [3.05, 3.63) is 74.7 Å². The highest BCUT2D eigenvalue weighted by Gasteiger charge is 2.26. The number of thiophene rings is 1. The molecule has 1 aliphatic carbocycles. The minimum absolute atomic E-state index is 0.00157. The minimum atomic E-state index is -0.00157. The van der Waals surface area contributed by atoms with Crippen molar-refractivity contribution in [2.24, 2.45) is 0 Å². The molecule has 6 heteroatoms. The van der Waals surface area contributed by atoms with E-state index in [0.717, 1.165) is 41.3 Å². The molecule has 2 heterocycles. The number of nitrogens with zero attached hydrogens (tertiary/aromatic N) is 2. The van der Waals surface area contributed by atoms with Gasteiger partial charge in [-0.05, 0) is 48.4 Å². The van der Waals surface area contributed by atoms with Gasteiger partial charge < -0.3 is 5.32 Å². The third-order valence-corrected chi connectivity index (χ3v) is 5.68. The van der Waals surface area contributed by atoms with E-state index in [4.69, 9.17) is 11.6 Å². The summed E-state index contributed by atoms with van der Waals surface area (Å²) in [6, 6.07) is 11.6. The van der Waals surface area contributed by atoms with Crippen LogP contribution in [0.3, 0.4) is 0 Å². The predicted octanol–water partition coefficient (Wildman–Crippen LogP) is 4.45. The minimum Gasteiger partial charge on any atom is -0.344 e. The van der Waals surface area contributed by atoms with Crippen LogP contribution in [-0.2, 0) is 13.0 Å². The number of hydrogen-bond donors (Lipinski definition) is 1. The lowest BCUT2D eigenvalue weighted by atomic mass is 9.93. The van der Waals surface area contributed by atoms with E-state index >= 15 is 0 Å². The molecular weight excluding hydrogens is 354 g/mol. The summed E-state index contributed by atoms with van der Waals surface area (Å²) < 4.78 is 2.04. The molecular formula is C19H18ClN3OS. The lowest BCUT2D eigenvalue weighted by Crippen LogP contribution is -2.30. The highest BCUT2D eigenvalue weighted by molar-refractivity contribution is 7.12. The molecule has 0 fully saturated rings. The Morgan fingerprint density at radius 1 is 1.32 bits per heavy atom. The molecule has 0 unspecified atom stereocenters. The van der Waals surface area contributed by atoms with E-state index in [9.17, 15) is 4.79 Å². The summed E-state index contributed by atoms with van der Waals surface area (Å²) >= 11 is 7.42. The topological polar surface area (TPSA) is 46.9 Å². The Bertz CT molecular complexity index is 871. The van der Waals surface area contributed by atoms with Crippen molar-refractivity contribution < 1.29 is 4.79 Å². The molecule has 128 valence electrons. The van der Waals surface area contributed by atoms with Gasteiger partial charge >= 0.3 is 0 Å². The number of hydrogen-bond acceptors (Lipinski definition) is 3. The van der Waals surface area contributed by atoms with Gasteiger partial charge in [0.05, 0.1) is 23.7 Å². The Morgan fingerprint density at radius 3 is 2.92 bits per heavy atom. The molecule has 1 aromatic carbocycles. The van der Waals surface area contributed by atoms with Gasteiger partial charge in [0.1, 0.15) is 0 Å². The molecule has 1 aliphatic rings. The summed E-state index contributed by atoms with van der Waals surface area (Å²) in [5, 5.41) is 10.4. The fourth-order valence-electron chi connectivity index (χ4n) is 3.30. The lowest BCUT2D eigenvalue weighted by Gasteiger charge is -2.24. The van der Waals surface area contributed by atoms with Gasteiger partial charge in [0.25, 0.3) is 5.91 Å². The smallest absolute Gasteiger partial charge is 0.261 e. The molecule has 0 saturated heterocycles. The maximum Gasteiger partial charge on any atom is 0.261 e. The number of halogens is 1. The first-order chi connectivity index (χ1) is 12.2. The number of nitrogens with one attached hydrogen (secondary N) is 1.